The molecule has 6 nitrogen and oxygen atoms in total. The molecule has 2 rings (SSSR count). The summed E-state index contributed by atoms with van der Waals surface area (Å²) in [6.45, 7) is 7.85. The molecule has 134 valence electrons. The van der Waals surface area contributed by atoms with Gasteiger partial charge in [0.25, 0.3) is 0 Å². The van der Waals surface area contributed by atoms with E-state index in [9.17, 15) is 9.59 Å². The summed E-state index contributed by atoms with van der Waals surface area (Å²) >= 11 is 0. The number of carbonyl (C=O) groups excluding carboxylic acids is 2. The number of aromatic nitrogens is 1. The number of hydrogen-bond donors (Lipinski definition) is 1. The van der Waals surface area contributed by atoms with Gasteiger partial charge in [0, 0.05) is 23.8 Å². The first-order valence-corrected chi connectivity index (χ1v) is 8.26. The van der Waals surface area contributed by atoms with Gasteiger partial charge in [-0.3, -0.25) is 0 Å². The van der Waals surface area contributed by atoms with Crippen molar-refractivity contribution in [1.82, 2.24) is 4.57 Å². The highest BCUT2D eigenvalue weighted by Gasteiger charge is 2.16. The molecule has 0 spiro atoms. The number of carbonyl (C=O) groups is 2. The molecule has 1 aromatic carbocycles. The Hall–Kier alpha value is -2.76. The minimum Gasteiger partial charge on any atom is -0.463 e. The summed E-state index contributed by atoms with van der Waals surface area (Å²) in [4.78, 5) is 23.9. The van der Waals surface area contributed by atoms with E-state index in [0.29, 0.717) is 0 Å². The molecule has 0 radical (unpaired) electrons. The fourth-order valence-electron chi connectivity index (χ4n) is 2.57. The molecule has 1 N–H and O–H groups in total. The maximum Gasteiger partial charge on any atom is 0.355 e. The lowest BCUT2D eigenvalue weighted by atomic mass is 10.1. The van der Waals surface area contributed by atoms with Gasteiger partial charge in [-0.2, -0.15) is 0 Å². The molecule has 6 heteroatoms. The molecule has 0 aliphatic heterocycles. The minimum absolute atomic E-state index is 0.0497. The van der Waals surface area contributed by atoms with Gasteiger partial charge in [0.15, 0.2) is 0 Å². The molecule has 0 aliphatic carbocycles. The van der Waals surface area contributed by atoms with Crippen LogP contribution in [0.5, 0.6) is 0 Å². The normalized spacial score (nSPS) is 11.5. The van der Waals surface area contributed by atoms with Crippen molar-refractivity contribution < 1.29 is 19.1 Å². The predicted octanol–water partition coefficient (Wildman–Crippen LogP) is 3.22. The summed E-state index contributed by atoms with van der Waals surface area (Å²) in [7, 11) is 1.98. The Kier molecular flexibility index (Phi) is 5.85. The van der Waals surface area contributed by atoms with Crippen LogP contribution in [0.3, 0.4) is 0 Å². The van der Waals surface area contributed by atoms with E-state index >= 15 is 0 Å². The van der Waals surface area contributed by atoms with Crippen molar-refractivity contribution in [1.29, 1.82) is 0 Å². The molecule has 1 aromatic heterocycles. The highest BCUT2D eigenvalue weighted by atomic mass is 16.5. The van der Waals surface area contributed by atoms with Crippen molar-refractivity contribution in [3.05, 3.63) is 41.2 Å². The van der Waals surface area contributed by atoms with E-state index in [1.165, 1.54) is 0 Å². The first-order valence-electron chi connectivity index (χ1n) is 8.26. The lowest BCUT2D eigenvalue weighted by Crippen LogP contribution is -2.17. The molecule has 0 amide bonds. The van der Waals surface area contributed by atoms with Gasteiger partial charge in [-0.1, -0.05) is 0 Å². The van der Waals surface area contributed by atoms with Gasteiger partial charge in [-0.05, 0) is 51.5 Å². The third-order valence-electron chi connectivity index (χ3n) is 3.94. The van der Waals surface area contributed by atoms with Crippen LogP contribution < -0.4 is 5.32 Å². The molecule has 0 bridgehead atoms. The first kappa shape index (κ1) is 18.6. The van der Waals surface area contributed by atoms with Crippen LogP contribution in [0.4, 0.5) is 5.69 Å². The third-order valence-corrected chi connectivity index (χ3v) is 3.94. The van der Waals surface area contributed by atoms with Crippen LogP contribution in [0, 0.1) is 13.8 Å². The van der Waals surface area contributed by atoms with Crippen molar-refractivity contribution in [3.63, 3.8) is 0 Å². The molecule has 1 heterocycles. The molecular formula is C19H24N2O4. The van der Waals surface area contributed by atoms with E-state index in [1.807, 2.05) is 33.0 Å². The van der Waals surface area contributed by atoms with E-state index in [2.05, 4.69) is 16.0 Å². The van der Waals surface area contributed by atoms with Crippen LogP contribution >= 0.6 is 0 Å². The van der Waals surface area contributed by atoms with E-state index in [0.717, 1.165) is 33.9 Å². The summed E-state index contributed by atoms with van der Waals surface area (Å²) in [5.41, 5.74) is 3.91. The molecule has 0 atom stereocenters. The molecule has 0 aliphatic rings. The Labute approximate surface area is 147 Å². The van der Waals surface area contributed by atoms with Gasteiger partial charge in [0.2, 0.25) is 0 Å². The van der Waals surface area contributed by atoms with E-state index in [4.69, 9.17) is 9.47 Å². The quantitative estimate of drug-likeness (QED) is 0.644. The second-order valence-corrected chi connectivity index (χ2v) is 5.73. The van der Waals surface area contributed by atoms with Gasteiger partial charge in [0.1, 0.15) is 5.70 Å². The van der Waals surface area contributed by atoms with E-state index in [-0.39, 0.29) is 18.9 Å². The number of hydrogen-bond acceptors (Lipinski definition) is 5. The summed E-state index contributed by atoms with van der Waals surface area (Å²) in [5.74, 6) is -1.19. The first-order chi connectivity index (χ1) is 11.9. The second kappa shape index (κ2) is 7.88. The predicted molar refractivity (Wildman–Crippen MR) is 97.4 cm³/mol. The van der Waals surface area contributed by atoms with Gasteiger partial charge < -0.3 is 19.4 Å². The highest BCUT2D eigenvalue weighted by molar-refractivity contribution is 5.99. The number of benzene rings is 1. The van der Waals surface area contributed by atoms with E-state index in [1.54, 1.807) is 13.8 Å². The molecule has 2 aromatic rings. The number of esters is 2. The third kappa shape index (κ3) is 4.21. The Bertz CT molecular complexity index is 834. The molecule has 25 heavy (non-hydrogen) atoms. The smallest absolute Gasteiger partial charge is 0.355 e. The van der Waals surface area contributed by atoms with Crippen LogP contribution in [0.15, 0.2) is 30.0 Å². The number of ether oxygens (including phenoxy) is 2. The zero-order chi connectivity index (χ0) is 18.6. The number of anilines is 1. The van der Waals surface area contributed by atoms with Crippen molar-refractivity contribution in [2.75, 3.05) is 18.5 Å². The van der Waals surface area contributed by atoms with E-state index < -0.39 is 11.9 Å². The van der Waals surface area contributed by atoms with Gasteiger partial charge in [-0.25, -0.2) is 9.59 Å². The number of fused-ring (bicyclic) bond motifs is 1. The van der Waals surface area contributed by atoms with Crippen LogP contribution in [0.2, 0.25) is 0 Å². The molecule has 0 saturated heterocycles. The van der Waals surface area contributed by atoms with Gasteiger partial charge >= 0.3 is 11.9 Å². The Balaban J connectivity index is 2.42. The number of nitrogens with zero attached hydrogens (tertiary/aromatic N) is 1. The molecule has 0 fully saturated rings. The fraction of sp³-hybridized carbons (Fsp3) is 0.368. The van der Waals surface area contributed by atoms with Crippen LogP contribution in [-0.2, 0) is 26.1 Å². The fourth-order valence-corrected chi connectivity index (χ4v) is 2.57. The maximum atomic E-state index is 12.2. The second-order valence-electron chi connectivity index (χ2n) is 5.73. The van der Waals surface area contributed by atoms with Gasteiger partial charge in [-0.15, -0.1) is 0 Å². The maximum absolute atomic E-state index is 12.2. The Morgan fingerprint density at radius 3 is 2.44 bits per heavy atom. The molecule has 0 unspecified atom stereocenters. The number of nitrogens with one attached hydrogen (secondary N) is 1. The lowest BCUT2D eigenvalue weighted by molar-refractivity contribution is -0.140. The van der Waals surface area contributed by atoms with Crippen LogP contribution in [0.1, 0.15) is 25.1 Å². The van der Waals surface area contributed by atoms with Crippen molar-refractivity contribution in [3.8, 4) is 0 Å². The average Bonchev–Trinajstić information content (AvgIpc) is 2.81. The van der Waals surface area contributed by atoms with Crippen LogP contribution in [-0.4, -0.2) is 29.7 Å². The monoisotopic (exact) mass is 344 g/mol. The Morgan fingerprint density at radius 1 is 1.12 bits per heavy atom. The Morgan fingerprint density at radius 2 is 1.80 bits per heavy atom. The minimum atomic E-state index is -0.599. The molecule has 0 saturated carbocycles. The average molecular weight is 344 g/mol. The topological polar surface area (TPSA) is 69.6 Å². The SMILES string of the molecule is CCOC(=O)C=C(Nc1cc2c(cc1C)cc(C)n2C)C(=O)OCC. The number of aryl methyl sites for hydroxylation is 3. The molecular weight excluding hydrogens is 320 g/mol. The van der Waals surface area contributed by atoms with Gasteiger partial charge in [0.05, 0.1) is 24.8 Å². The standard InChI is InChI=1S/C19H24N2O4/c1-6-24-18(22)11-16(19(23)25-7-2)20-15-10-17-14(8-12(15)3)9-13(4)21(17)5/h8-11,20H,6-7H2,1-5H3. The number of rotatable bonds is 6. The summed E-state index contributed by atoms with van der Waals surface area (Å²) in [6.07, 6.45) is 1.13. The summed E-state index contributed by atoms with van der Waals surface area (Å²) in [6, 6.07) is 6.10. The van der Waals surface area contributed by atoms with Crippen molar-refractivity contribution >= 4 is 28.5 Å². The summed E-state index contributed by atoms with van der Waals surface area (Å²) < 4.78 is 12.0. The highest BCUT2D eigenvalue weighted by Crippen LogP contribution is 2.27. The largest absolute Gasteiger partial charge is 0.463 e. The van der Waals surface area contributed by atoms with Crippen LogP contribution in [0.25, 0.3) is 10.9 Å². The lowest BCUT2D eigenvalue weighted by Gasteiger charge is -2.13. The zero-order valence-corrected chi connectivity index (χ0v) is 15.3. The zero-order valence-electron chi connectivity index (χ0n) is 15.3. The van der Waals surface area contributed by atoms with Crippen molar-refractivity contribution in [2.45, 2.75) is 27.7 Å². The summed E-state index contributed by atoms with van der Waals surface area (Å²) in [5, 5.41) is 4.14. The van der Waals surface area contributed by atoms with Crippen molar-refractivity contribution in [2.24, 2.45) is 7.05 Å².